The standard InChI is InChI=1S/C13H16O4/c1-8-6-10(4-3-5-11(14)15)13-12(9(8)2)16-7-17-13/h6H,3-5,7H2,1-2H3,(H,14,15). The van der Waals surface area contributed by atoms with E-state index in [-0.39, 0.29) is 13.2 Å². The Morgan fingerprint density at radius 2 is 2.06 bits per heavy atom. The highest BCUT2D eigenvalue weighted by Crippen LogP contribution is 2.40. The van der Waals surface area contributed by atoms with E-state index in [0.717, 1.165) is 28.2 Å². The predicted octanol–water partition coefficient (Wildman–Crippen LogP) is 2.44. The monoisotopic (exact) mass is 236 g/mol. The van der Waals surface area contributed by atoms with Gasteiger partial charge in [0, 0.05) is 6.42 Å². The second kappa shape index (κ2) is 4.65. The molecule has 4 heteroatoms. The van der Waals surface area contributed by atoms with E-state index in [9.17, 15) is 4.79 Å². The molecule has 1 aromatic rings. The van der Waals surface area contributed by atoms with E-state index in [1.165, 1.54) is 0 Å². The first-order valence-electron chi connectivity index (χ1n) is 5.70. The highest BCUT2D eigenvalue weighted by Gasteiger charge is 2.21. The summed E-state index contributed by atoms with van der Waals surface area (Å²) in [6, 6.07) is 2.06. The van der Waals surface area contributed by atoms with Crippen LogP contribution in [0.2, 0.25) is 0 Å². The van der Waals surface area contributed by atoms with Crippen molar-refractivity contribution in [1.82, 2.24) is 0 Å². The Kier molecular flexibility index (Phi) is 3.22. The summed E-state index contributed by atoms with van der Waals surface area (Å²) in [6.45, 7) is 4.29. The molecule has 2 rings (SSSR count). The number of carboxylic acid groups (broad SMARTS) is 1. The second-order valence-electron chi connectivity index (χ2n) is 4.29. The quantitative estimate of drug-likeness (QED) is 0.872. The van der Waals surface area contributed by atoms with Crippen molar-refractivity contribution in [2.45, 2.75) is 33.1 Å². The van der Waals surface area contributed by atoms with Gasteiger partial charge in [0.25, 0.3) is 0 Å². The van der Waals surface area contributed by atoms with Gasteiger partial charge in [0.1, 0.15) is 0 Å². The minimum absolute atomic E-state index is 0.183. The largest absolute Gasteiger partial charge is 0.481 e. The van der Waals surface area contributed by atoms with Gasteiger partial charge in [0.05, 0.1) is 0 Å². The van der Waals surface area contributed by atoms with Crippen molar-refractivity contribution in [1.29, 1.82) is 0 Å². The highest BCUT2D eigenvalue weighted by atomic mass is 16.7. The van der Waals surface area contributed by atoms with E-state index in [0.29, 0.717) is 12.8 Å². The smallest absolute Gasteiger partial charge is 0.303 e. The molecule has 0 radical (unpaired) electrons. The zero-order valence-corrected chi connectivity index (χ0v) is 10.1. The van der Waals surface area contributed by atoms with Crippen LogP contribution in [0.3, 0.4) is 0 Å². The molecule has 0 atom stereocenters. The number of hydrogen-bond donors (Lipinski definition) is 1. The van der Waals surface area contributed by atoms with Crippen molar-refractivity contribution in [2.75, 3.05) is 6.79 Å². The van der Waals surface area contributed by atoms with E-state index in [2.05, 4.69) is 6.07 Å². The molecule has 1 aromatic carbocycles. The number of carbonyl (C=O) groups is 1. The molecule has 4 nitrogen and oxygen atoms in total. The van der Waals surface area contributed by atoms with Gasteiger partial charge < -0.3 is 14.6 Å². The molecule has 1 aliphatic rings. The fourth-order valence-electron chi connectivity index (χ4n) is 2.03. The summed E-state index contributed by atoms with van der Waals surface area (Å²) in [5, 5.41) is 8.63. The summed E-state index contributed by atoms with van der Waals surface area (Å²) in [5.74, 6) is 0.844. The first-order valence-corrected chi connectivity index (χ1v) is 5.70. The number of aryl methyl sites for hydroxylation is 2. The van der Waals surface area contributed by atoms with Crippen LogP contribution in [0.4, 0.5) is 0 Å². The van der Waals surface area contributed by atoms with Gasteiger partial charge in [-0.25, -0.2) is 0 Å². The lowest BCUT2D eigenvalue weighted by atomic mass is 10.00. The SMILES string of the molecule is Cc1cc(CCCC(=O)O)c2c(c1C)OCO2. The molecule has 0 fully saturated rings. The Morgan fingerprint density at radius 3 is 2.76 bits per heavy atom. The molecule has 0 saturated carbocycles. The molecule has 1 heterocycles. The minimum Gasteiger partial charge on any atom is -0.481 e. The Balaban J connectivity index is 2.20. The molecule has 1 aliphatic heterocycles. The van der Waals surface area contributed by atoms with Gasteiger partial charge in [0.15, 0.2) is 11.5 Å². The molecule has 92 valence electrons. The molecule has 0 aromatic heterocycles. The molecule has 0 bridgehead atoms. The average Bonchev–Trinajstić information content (AvgIpc) is 2.74. The third kappa shape index (κ3) is 2.35. The van der Waals surface area contributed by atoms with Gasteiger partial charge in [-0.05, 0) is 43.4 Å². The molecule has 0 unspecified atom stereocenters. The van der Waals surface area contributed by atoms with Crippen molar-refractivity contribution >= 4 is 5.97 Å². The van der Waals surface area contributed by atoms with Gasteiger partial charge in [0.2, 0.25) is 6.79 Å². The first-order chi connectivity index (χ1) is 8.09. The normalized spacial score (nSPS) is 12.8. The number of hydrogen-bond acceptors (Lipinski definition) is 3. The molecule has 17 heavy (non-hydrogen) atoms. The maximum Gasteiger partial charge on any atom is 0.303 e. The molecule has 0 saturated heterocycles. The van der Waals surface area contributed by atoms with Crippen molar-refractivity contribution in [3.05, 3.63) is 22.8 Å². The Morgan fingerprint density at radius 1 is 1.35 bits per heavy atom. The number of fused-ring (bicyclic) bond motifs is 1. The van der Waals surface area contributed by atoms with Crippen molar-refractivity contribution in [3.63, 3.8) is 0 Å². The number of carboxylic acids is 1. The fourth-order valence-corrected chi connectivity index (χ4v) is 2.03. The van der Waals surface area contributed by atoms with Gasteiger partial charge in [-0.1, -0.05) is 6.07 Å². The van der Waals surface area contributed by atoms with Crippen LogP contribution in [-0.4, -0.2) is 17.9 Å². The van der Waals surface area contributed by atoms with Crippen molar-refractivity contribution in [3.8, 4) is 11.5 Å². The summed E-state index contributed by atoms with van der Waals surface area (Å²) < 4.78 is 10.9. The number of rotatable bonds is 4. The van der Waals surface area contributed by atoms with Crippen LogP contribution >= 0.6 is 0 Å². The Bertz CT molecular complexity index is 451. The zero-order valence-electron chi connectivity index (χ0n) is 10.1. The van der Waals surface area contributed by atoms with Crippen LogP contribution in [0.5, 0.6) is 11.5 Å². The first kappa shape index (κ1) is 11.8. The third-order valence-electron chi connectivity index (χ3n) is 3.06. The molecule has 0 amide bonds. The highest BCUT2D eigenvalue weighted by molar-refractivity contribution is 5.66. The van der Waals surface area contributed by atoms with Crippen LogP contribution in [0, 0.1) is 13.8 Å². The van der Waals surface area contributed by atoms with E-state index >= 15 is 0 Å². The average molecular weight is 236 g/mol. The zero-order chi connectivity index (χ0) is 12.4. The van der Waals surface area contributed by atoms with E-state index < -0.39 is 5.97 Å². The lowest BCUT2D eigenvalue weighted by Crippen LogP contribution is -1.98. The van der Waals surface area contributed by atoms with Gasteiger partial charge >= 0.3 is 5.97 Å². The molecule has 0 spiro atoms. The lowest BCUT2D eigenvalue weighted by molar-refractivity contribution is -0.137. The third-order valence-corrected chi connectivity index (χ3v) is 3.06. The number of benzene rings is 1. The molecule has 0 aliphatic carbocycles. The molecular weight excluding hydrogens is 220 g/mol. The van der Waals surface area contributed by atoms with Crippen LogP contribution in [-0.2, 0) is 11.2 Å². The summed E-state index contributed by atoms with van der Waals surface area (Å²) >= 11 is 0. The van der Waals surface area contributed by atoms with E-state index in [1.54, 1.807) is 0 Å². The van der Waals surface area contributed by atoms with E-state index in [4.69, 9.17) is 14.6 Å². The Labute approximate surface area is 100 Å². The predicted molar refractivity (Wildman–Crippen MR) is 62.6 cm³/mol. The maximum absolute atomic E-state index is 10.5. The van der Waals surface area contributed by atoms with Crippen LogP contribution in [0.1, 0.15) is 29.5 Å². The lowest BCUT2D eigenvalue weighted by Gasteiger charge is -2.10. The number of aliphatic carboxylic acids is 1. The topological polar surface area (TPSA) is 55.8 Å². The summed E-state index contributed by atoms with van der Waals surface area (Å²) in [5.41, 5.74) is 3.29. The van der Waals surface area contributed by atoms with Crippen LogP contribution in [0.15, 0.2) is 6.07 Å². The van der Waals surface area contributed by atoms with Gasteiger partial charge in [-0.2, -0.15) is 0 Å². The Hall–Kier alpha value is -1.71. The van der Waals surface area contributed by atoms with E-state index in [1.807, 2.05) is 13.8 Å². The van der Waals surface area contributed by atoms with Gasteiger partial charge in [-0.3, -0.25) is 4.79 Å². The summed E-state index contributed by atoms with van der Waals surface area (Å²) in [7, 11) is 0. The molecule has 1 N–H and O–H groups in total. The van der Waals surface area contributed by atoms with Crippen molar-refractivity contribution < 1.29 is 19.4 Å². The van der Waals surface area contributed by atoms with Crippen LogP contribution in [0.25, 0.3) is 0 Å². The summed E-state index contributed by atoms with van der Waals surface area (Å²) in [4.78, 5) is 10.5. The minimum atomic E-state index is -0.761. The van der Waals surface area contributed by atoms with Crippen LogP contribution < -0.4 is 9.47 Å². The van der Waals surface area contributed by atoms with Gasteiger partial charge in [-0.15, -0.1) is 0 Å². The fraction of sp³-hybridized carbons (Fsp3) is 0.462. The maximum atomic E-state index is 10.5. The number of ether oxygens (including phenoxy) is 2. The second-order valence-corrected chi connectivity index (χ2v) is 4.29. The summed E-state index contributed by atoms with van der Waals surface area (Å²) in [6.07, 6.45) is 1.51. The molecular formula is C13H16O4. The van der Waals surface area contributed by atoms with Crippen molar-refractivity contribution in [2.24, 2.45) is 0 Å².